The van der Waals surface area contributed by atoms with Crippen molar-refractivity contribution in [3.63, 3.8) is 0 Å². The molecule has 0 aromatic carbocycles. The average Bonchev–Trinajstić information content (AvgIpc) is 1.72. The molecular formula is C4H8ClNO. The van der Waals surface area contributed by atoms with Crippen LogP contribution < -0.4 is 5.32 Å². The highest BCUT2D eigenvalue weighted by Gasteiger charge is 1.83. The van der Waals surface area contributed by atoms with Gasteiger partial charge in [0.25, 0.3) is 0 Å². The number of nitrogens with one attached hydrogen (secondary N) is 1. The maximum atomic E-state index is 4.83. The lowest BCUT2D eigenvalue weighted by Crippen LogP contribution is -2.16. The molecular weight excluding hydrogens is 114 g/mol. The van der Waals surface area contributed by atoms with E-state index in [1.807, 2.05) is 0 Å². The van der Waals surface area contributed by atoms with Crippen molar-refractivity contribution in [3.8, 4) is 0 Å². The van der Waals surface area contributed by atoms with E-state index in [0.29, 0.717) is 0 Å². The lowest BCUT2D eigenvalue weighted by atomic mass is 10.6. The Morgan fingerprint density at radius 2 is 2.43 bits per heavy atom. The van der Waals surface area contributed by atoms with Gasteiger partial charge in [-0.2, -0.15) is 0 Å². The molecule has 0 atom stereocenters. The van der Waals surface area contributed by atoms with Crippen LogP contribution in [-0.2, 0) is 4.74 Å². The van der Waals surface area contributed by atoms with Crippen LogP contribution in [0.3, 0.4) is 0 Å². The van der Waals surface area contributed by atoms with E-state index in [1.54, 1.807) is 12.5 Å². The number of ether oxygens (including phenoxy) is 1. The van der Waals surface area contributed by atoms with E-state index in [0.717, 1.165) is 13.2 Å². The van der Waals surface area contributed by atoms with Crippen molar-refractivity contribution >= 4 is 12.4 Å². The van der Waals surface area contributed by atoms with Gasteiger partial charge in [0.15, 0.2) is 0 Å². The van der Waals surface area contributed by atoms with Crippen molar-refractivity contribution in [2.24, 2.45) is 0 Å². The molecule has 7 heavy (non-hydrogen) atoms. The van der Waals surface area contributed by atoms with E-state index in [2.05, 4.69) is 5.32 Å². The summed E-state index contributed by atoms with van der Waals surface area (Å²) in [4.78, 5) is 0. The van der Waals surface area contributed by atoms with E-state index in [-0.39, 0.29) is 12.4 Å². The predicted molar refractivity (Wildman–Crippen MR) is 30.3 cm³/mol. The molecule has 0 aliphatic carbocycles. The summed E-state index contributed by atoms with van der Waals surface area (Å²) in [6, 6.07) is 0. The first-order valence-electron chi connectivity index (χ1n) is 2.00. The van der Waals surface area contributed by atoms with E-state index in [9.17, 15) is 0 Å². The van der Waals surface area contributed by atoms with Crippen molar-refractivity contribution in [2.75, 3.05) is 13.2 Å². The van der Waals surface area contributed by atoms with Crippen LogP contribution in [0.25, 0.3) is 0 Å². The van der Waals surface area contributed by atoms with Crippen molar-refractivity contribution in [2.45, 2.75) is 0 Å². The standard InChI is InChI=1S/C4H7NO.ClH/c1-3-6-4-2-5-1;/h1,3,5H,2,4H2;1H. The zero-order valence-corrected chi connectivity index (χ0v) is 4.70. The summed E-state index contributed by atoms with van der Waals surface area (Å²) < 4.78 is 4.83. The van der Waals surface area contributed by atoms with Crippen molar-refractivity contribution in [1.82, 2.24) is 5.32 Å². The molecule has 3 heteroatoms. The highest BCUT2D eigenvalue weighted by Crippen LogP contribution is 1.79. The van der Waals surface area contributed by atoms with Crippen LogP contribution in [0.4, 0.5) is 0 Å². The van der Waals surface area contributed by atoms with E-state index < -0.39 is 0 Å². The van der Waals surface area contributed by atoms with Gasteiger partial charge in [-0.15, -0.1) is 12.4 Å². The monoisotopic (exact) mass is 121 g/mol. The molecule has 0 saturated carbocycles. The SMILES string of the molecule is C1=COCCN1.Cl. The number of halogens is 1. The smallest absolute Gasteiger partial charge is 0.105 e. The summed E-state index contributed by atoms with van der Waals surface area (Å²) in [6.45, 7) is 1.74. The van der Waals surface area contributed by atoms with Crippen LogP contribution in [0.1, 0.15) is 0 Å². The fraction of sp³-hybridized carbons (Fsp3) is 0.500. The topological polar surface area (TPSA) is 21.3 Å². The van der Waals surface area contributed by atoms with Gasteiger partial charge in [0.1, 0.15) is 6.61 Å². The molecule has 1 heterocycles. The van der Waals surface area contributed by atoms with Gasteiger partial charge in [-0.1, -0.05) is 0 Å². The molecule has 0 fully saturated rings. The minimum Gasteiger partial charge on any atom is -0.498 e. The molecule has 2 nitrogen and oxygen atoms in total. The highest BCUT2D eigenvalue weighted by atomic mass is 35.5. The van der Waals surface area contributed by atoms with Crippen LogP contribution in [-0.4, -0.2) is 13.2 Å². The molecule has 0 amide bonds. The molecule has 1 N–H and O–H groups in total. The van der Waals surface area contributed by atoms with Crippen molar-refractivity contribution in [1.29, 1.82) is 0 Å². The summed E-state index contributed by atoms with van der Waals surface area (Å²) in [5.74, 6) is 0. The third-order valence-electron chi connectivity index (χ3n) is 0.646. The van der Waals surface area contributed by atoms with Gasteiger partial charge in [0.05, 0.1) is 6.26 Å². The minimum atomic E-state index is 0. The minimum absolute atomic E-state index is 0. The first-order valence-corrected chi connectivity index (χ1v) is 2.00. The second kappa shape index (κ2) is 3.81. The molecule has 42 valence electrons. The van der Waals surface area contributed by atoms with Gasteiger partial charge in [-0.25, -0.2) is 0 Å². The Hall–Kier alpha value is -0.370. The Balaban J connectivity index is 0.000000360. The molecule has 0 radical (unpaired) electrons. The second-order valence-corrected chi connectivity index (χ2v) is 1.13. The fourth-order valence-corrected chi connectivity index (χ4v) is 0.365. The second-order valence-electron chi connectivity index (χ2n) is 1.13. The Kier molecular flexibility index (Phi) is 3.61. The summed E-state index contributed by atoms with van der Waals surface area (Å²) in [6.07, 6.45) is 3.45. The van der Waals surface area contributed by atoms with Crippen LogP contribution in [0.15, 0.2) is 12.5 Å². The lowest BCUT2D eigenvalue weighted by molar-refractivity contribution is 0.236. The van der Waals surface area contributed by atoms with E-state index in [1.165, 1.54) is 0 Å². The normalized spacial score (nSPS) is 16.0. The third kappa shape index (κ3) is 2.34. The summed E-state index contributed by atoms with van der Waals surface area (Å²) >= 11 is 0. The third-order valence-corrected chi connectivity index (χ3v) is 0.646. The van der Waals surface area contributed by atoms with Crippen LogP contribution >= 0.6 is 12.4 Å². The average molecular weight is 122 g/mol. The zero-order valence-electron chi connectivity index (χ0n) is 3.89. The quantitative estimate of drug-likeness (QED) is 0.504. The number of hydrogen-bond acceptors (Lipinski definition) is 2. The first-order chi connectivity index (χ1) is 3.00. The molecule has 0 saturated heterocycles. The lowest BCUT2D eigenvalue weighted by Gasteiger charge is -2.05. The van der Waals surface area contributed by atoms with E-state index in [4.69, 9.17) is 4.74 Å². The Morgan fingerprint density at radius 1 is 1.57 bits per heavy atom. The summed E-state index contributed by atoms with van der Waals surface area (Å²) in [5, 5.41) is 2.98. The summed E-state index contributed by atoms with van der Waals surface area (Å²) in [5.41, 5.74) is 0. The van der Waals surface area contributed by atoms with E-state index >= 15 is 0 Å². The number of rotatable bonds is 0. The van der Waals surface area contributed by atoms with Gasteiger partial charge in [0, 0.05) is 12.7 Å². The first kappa shape index (κ1) is 6.63. The van der Waals surface area contributed by atoms with Crippen LogP contribution in [0, 0.1) is 0 Å². The maximum absolute atomic E-state index is 4.83. The Morgan fingerprint density at radius 3 is 2.57 bits per heavy atom. The summed E-state index contributed by atoms with van der Waals surface area (Å²) in [7, 11) is 0. The Labute approximate surface area is 49.0 Å². The largest absolute Gasteiger partial charge is 0.498 e. The zero-order chi connectivity index (χ0) is 4.24. The van der Waals surface area contributed by atoms with Gasteiger partial charge >= 0.3 is 0 Å². The maximum Gasteiger partial charge on any atom is 0.105 e. The Bertz CT molecular complexity index is 56.7. The van der Waals surface area contributed by atoms with Gasteiger partial charge < -0.3 is 10.1 Å². The van der Waals surface area contributed by atoms with Crippen LogP contribution in [0.2, 0.25) is 0 Å². The van der Waals surface area contributed by atoms with Crippen molar-refractivity contribution in [3.05, 3.63) is 12.5 Å². The van der Waals surface area contributed by atoms with Gasteiger partial charge in [-0.3, -0.25) is 0 Å². The molecule has 0 bridgehead atoms. The molecule has 0 unspecified atom stereocenters. The highest BCUT2D eigenvalue weighted by molar-refractivity contribution is 5.85. The number of hydrogen-bond donors (Lipinski definition) is 1. The molecule has 1 aliphatic heterocycles. The predicted octanol–water partition coefficient (Wildman–Crippen LogP) is 0.499. The van der Waals surface area contributed by atoms with Crippen LogP contribution in [0.5, 0.6) is 0 Å². The molecule has 1 aliphatic rings. The van der Waals surface area contributed by atoms with Gasteiger partial charge in [0.2, 0.25) is 0 Å². The molecule has 0 aromatic rings. The van der Waals surface area contributed by atoms with Crippen molar-refractivity contribution < 1.29 is 4.74 Å². The van der Waals surface area contributed by atoms with Gasteiger partial charge in [-0.05, 0) is 0 Å². The fourth-order valence-electron chi connectivity index (χ4n) is 0.365. The molecule has 0 spiro atoms. The molecule has 1 rings (SSSR count). The molecule has 0 aromatic heterocycles.